The summed E-state index contributed by atoms with van der Waals surface area (Å²) in [6.07, 6.45) is 1.66. The van der Waals surface area contributed by atoms with Gasteiger partial charge >= 0.3 is 0 Å². The number of hydrogen-bond acceptors (Lipinski definition) is 6. The number of halogens is 1. The number of nitrogens with zero attached hydrogens (tertiary/aromatic N) is 6. The quantitative estimate of drug-likeness (QED) is 0.709. The van der Waals surface area contributed by atoms with E-state index in [0.29, 0.717) is 37.8 Å². The molecular formula is C20H21FN6. The van der Waals surface area contributed by atoms with Crippen molar-refractivity contribution in [2.75, 3.05) is 47.9 Å². The van der Waals surface area contributed by atoms with Crippen LogP contribution in [0.5, 0.6) is 0 Å². The van der Waals surface area contributed by atoms with Gasteiger partial charge in [0.15, 0.2) is 5.82 Å². The van der Waals surface area contributed by atoms with E-state index in [0.717, 1.165) is 11.5 Å². The molecule has 0 atom stereocenters. The summed E-state index contributed by atoms with van der Waals surface area (Å²) in [5, 5.41) is 8.33. The summed E-state index contributed by atoms with van der Waals surface area (Å²) in [5.74, 6) is 1.15. The first-order valence-corrected chi connectivity index (χ1v) is 8.95. The Morgan fingerprint density at radius 1 is 0.889 bits per heavy atom. The van der Waals surface area contributed by atoms with E-state index in [1.165, 1.54) is 6.07 Å². The summed E-state index contributed by atoms with van der Waals surface area (Å²) in [7, 11) is 1.96. The maximum Gasteiger partial charge on any atom is 0.247 e. The SMILES string of the molecule is CN(c1ccccc1)c1cnnc(N2CCN(c3ccccc3F)CC2)n1. The molecule has 3 aromatic rings. The second kappa shape index (κ2) is 7.57. The van der Waals surface area contributed by atoms with Crippen molar-refractivity contribution in [3.63, 3.8) is 0 Å². The Kier molecular flexibility index (Phi) is 4.82. The van der Waals surface area contributed by atoms with Gasteiger partial charge in [-0.2, -0.15) is 10.1 Å². The van der Waals surface area contributed by atoms with Gasteiger partial charge < -0.3 is 14.7 Å². The van der Waals surface area contributed by atoms with Crippen LogP contribution in [0.15, 0.2) is 60.8 Å². The highest BCUT2D eigenvalue weighted by molar-refractivity contribution is 5.59. The van der Waals surface area contributed by atoms with Crippen molar-refractivity contribution in [1.29, 1.82) is 0 Å². The normalized spacial score (nSPS) is 14.3. The summed E-state index contributed by atoms with van der Waals surface area (Å²) < 4.78 is 14.0. The summed E-state index contributed by atoms with van der Waals surface area (Å²) >= 11 is 0. The number of anilines is 4. The Bertz CT molecular complexity index is 896. The molecule has 27 heavy (non-hydrogen) atoms. The lowest BCUT2D eigenvalue weighted by atomic mass is 10.2. The number of benzene rings is 2. The van der Waals surface area contributed by atoms with Gasteiger partial charge in [0, 0.05) is 38.9 Å². The molecule has 0 bridgehead atoms. The molecule has 4 rings (SSSR count). The van der Waals surface area contributed by atoms with Crippen molar-refractivity contribution in [2.45, 2.75) is 0 Å². The standard InChI is InChI=1S/C20H21FN6/c1-25(16-7-3-2-4-8-16)19-15-22-24-20(23-19)27-13-11-26(12-14-27)18-10-6-5-9-17(18)21/h2-10,15H,11-14H2,1H3. The first kappa shape index (κ1) is 17.2. The molecule has 7 heteroatoms. The van der Waals surface area contributed by atoms with E-state index < -0.39 is 0 Å². The van der Waals surface area contributed by atoms with Gasteiger partial charge in [0.05, 0.1) is 11.9 Å². The van der Waals surface area contributed by atoms with E-state index in [1.54, 1.807) is 12.3 Å². The van der Waals surface area contributed by atoms with Gasteiger partial charge in [-0.1, -0.05) is 30.3 Å². The van der Waals surface area contributed by atoms with Crippen LogP contribution < -0.4 is 14.7 Å². The highest BCUT2D eigenvalue weighted by atomic mass is 19.1. The molecule has 0 N–H and O–H groups in total. The second-order valence-corrected chi connectivity index (χ2v) is 6.43. The molecule has 6 nitrogen and oxygen atoms in total. The molecule has 0 spiro atoms. The lowest BCUT2D eigenvalue weighted by Gasteiger charge is -2.36. The van der Waals surface area contributed by atoms with E-state index in [2.05, 4.69) is 25.0 Å². The van der Waals surface area contributed by atoms with Crippen LogP contribution in [0, 0.1) is 5.82 Å². The third kappa shape index (κ3) is 3.67. The van der Waals surface area contributed by atoms with Crippen molar-refractivity contribution in [3.8, 4) is 0 Å². The molecular weight excluding hydrogens is 343 g/mol. The van der Waals surface area contributed by atoms with E-state index in [9.17, 15) is 4.39 Å². The average Bonchev–Trinajstić information content (AvgIpc) is 2.74. The van der Waals surface area contributed by atoms with Crippen molar-refractivity contribution >= 4 is 23.1 Å². The van der Waals surface area contributed by atoms with Crippen LogP contribution in [0.1, 0.15) is 0 Å². The number of hydrogen-bond donors (Lipinski definition) is 0. The molecule has 2 aromatic carbocycles. The molecule has 1 aliphatic heterocycles. The van der Waals surface area contributed by atoms with Gasteiger partial charge in [0.2, 0.25) is 5.95 Å². The van der Waals surface area contributed by atoms with Gasteiger partial charge in [-0.3, -0.25) is 0 Å². The predicted molar refractivity (Wildman–Crippen MR) is 105 cm³/mol. The highest BCUT2D eigenvalue weighted by Crippen LogP contribution is 2.24. The number of piperazine rings is 1. The number of aromatic nitrogens is 3. The summed E-state index contributed by atoms with van der Waals surface area (Å²) in [6, 6.07) is 16.9. The zero-order chi connectivity index (χ0) is 18.6. The summed E-state index contributed by atoms with van der Waals surface area (Å²) in [5.41, 5.74) is 1.68. The fourth-order valence-corrected chi connectivity index (χ4v) is 3.22. The fraction of sp³-hybridized carbons (Fsp3) is 0.250. The Labute approximate surface area is 157 Å². The van der Waals surface area contributed by atoms with E-state index in [-0.39, 0.29) is 5.82 Å². The third-order valence-corrected chi connectivity index (χ3v) is 4.78. The smallest absolute Gasteiger partial charge is 0.247 e. The van der Waals surface area contributed by atoms with Gasteiger partial charge in [-0.15, -0.1) is 5.10 Å². The summed E-state index contributed by atoms with van der Waals surface area (Å²) in [6.45, 7) is 2.86. The Hall–Kier alpha value is -3.22. The molecule has 1 aliphatic rings. The van der Waals surface area contributed by atoms with Gasteiger partial charge in [0.25, 0.3) is 0 Å². The minimum Gasteiger partial charge on any atom is -0.366 e. The van der Waals surface area contributed by atoms with E-state index in [1.807, 2.05) is 54.4 Å². The second-order valence-electron chi connectivity index (χ2n) is 6.43. The number of para-hydroxylation sites is 2. The Morgan fingerprint density at radius 2 is 1.56 bits per heavy atom. The first-order valence-electron chi connectivity index (χ1n) is 8.95. The Balaban J connectivity index is 1.47. The molecule has 2 heterocycles. The van der Waals surface area contributed by atoms with Crippen molar-refractivity contribution in [2.24, 2.45) is 0 Å². The molecule has 0 radical (unpaired) electrons. The van der Waals surface area contributed by atoms with Crippen LogP contribution in [0.4, 0.5) is 27.5 Å². The van der Waals surface area contributed by atoms with Crippen molar-refractivity contribution < 1.29 is 4.39 Å². The molecule has 0 unspecified atom stereocenters. The minimum absolute atomic E-state index is 0.185. The summed E-state index contributed by atoms with van der Waals surface area (Å²) in [4.78, 5) is 10.8. The highest BCUT2D eigenvalue weighted by Gasteiger charge is 2.22. The molecule has 0 saturated carbocycles. The van der Waals surface area contributed by atoms with Crippen LogP contribution in [0.3, 0.4) is 0 Å². The van der Waals surface area contributed by atoms with Crippen LogP contribution in [-0.2, 0) is 0 Å². The third-order valence-electron chi connectivity index (χ3n) is 4.78. The van der Waals surface area contributed by atoms with Crippen molar-refractivity contribution in [1.82, 2.24) is 15.2 Å². The fourth-order valence-electron chi connectivity index (χ4n) is 3.22. The van der Waals surface area contributed by atoms with Crippen LogP contribution >= 0.6 is 0 Å². The molecule has 0 aliphatic carbocycles. The van der Waals surface area contributed by atoms with Crippen LogP contribution in [0.25, 0.3) is 0 Å². The molecule has 1 aromatic heterocycles. The van der Waals surface area contributed by atoms with E-state index in [4.69, 9.17) is 0 Å². The molecule has 1 saturated heterocycles. The lowest BCUT2D eigenvalue weighted by Crippen LogP contribution is -2.47. The minimum atomic E-state index is -0.185. The average molecular weight is 364 g/mol. The topological polar surface area (TPSA) is 48.4 Å². The zero-order valence-corrected chi connectivity index (χ0v) is 15.2. The van der Waals surface area contributed by atoms with Crippen LogP contribution in [0.2, 0.25) is 0 Å². The Morgan fingerprint density at radius 3 is 2.30 bits per heavy atom. The predicted octanol–water partition coefficient (Wildman–Crippen LogP) is 3.11. The van der Waals surface area contributed by atoms with Crippen molar-refractivity contribution in [3.05, 3.63) is 66.6 Å². The first-order chi connectivity index (χ1) is 13.2. The van der Waals surface area contributed by atoms with Gasteiger partial charge in [-0.05, 0) is 24.3 Å². The van der Waals surface area contributed by atoms with Crippen LogP contribution in [-0.4, -0.2) is 48.4 Å². The van der Waals surface area contributed by atoms with Gasteiger partial charge in [0.1, 0.15) is 5.82 Å². The number of rotatable bonds is 4. The van der Waals surface area contributed by atoms with Gasteiger partial charge in [-0.25, -0.2) is 4.39 Å². The lowest BCUT2D eigenvalue weighted by molar-refractivity contribution is 0.592. The maximum absolute atomic E-state index is 14.0. The van der Waals surface area contributed by atoms with E-state index >= 15 is 0 Å². The largest absolute Gasteiger partial charge is 0.366 e. The monoisotopic (exact) mass is 364 g/mol. The zero-order valence-electron chi connectivity index (χ0n) is 15.2. The molecule has 0 amide bonds. The molecule has 1 fully saturated rings. The maximum atomic E-state index is 14.0. The molecule has 138 valence electrons.